The van der Waals surface area contributed by atoms with Gasteiger partial charge < -0.3 is 10.1 Å². The molecule has 2 aromatic carbocycles. The Kier molecular flexibility index (Phi) is 4.45. The molecule has 2 nitrogen and oxygen atoms in total. The molecule has 0 radical (unpaired) electrons. The molecule has 0 saturated carbocycles. The molecule has 0 saturated heterocycles. The molecule has 0 amide bonds. The normalized spacial score (nSPS) is 11.9. The quantitative estimate of drug-likeness (QED) is 0.845. The Morgan fingerprint density at radius 3 is 2.42 bits per heavy atom. The second kappa shape index (κ2) is 6.28. The van der Waals surface area contributed by atoms with Gasteiger partial charge in [-0.15, -0.1) is 0 Å². The van der Waals surface area contributed by atoms with Gasteiger partial charge in [0, 0.05) is 5.69 Å². The van der Waals surface area contributed by atoms with E-state index in [4.69, 9.17) is 4.74 Å². The molecule has 1 atom stereocenters. The van der Waals surface area contributed by atoms with E-state index in [9.17, 15) is 0 Å². The average Bonchev–Trinajstić information content (AvgIpc) is 2.46. The Labute approximate surface area is 115 Å². The molecule has 19 heavy (non-hydrogen) atoms. The Morgan fingerprint density at radius 2 is 1.84 bits per heavy atom. The van der Waals surface area contributed by atoms with Crippen molar-refractivity contribution in [1.82, 2.24) is 0 Å². The molecule has 2 heteroatoms. The lowest BCUT2D eigenvalue weighted by molar-refractivity contribution is 0.412. The average molecular weight is 255 g/mol. The summed E-state index contributed by atoms with van der Waals surface area (Å²) in [5, 5.41) is 3.58. The molecule has 0 fully saturated rings. The lowest BCUT2D eigenvalue weighted by Crippen LogP contribution is -2.09. The zero-order valence-corrected chi connectivity index (χ0v) is 11.8. The minimum atomic E-state index is 0.342. The molecule has 0 spiro atoms. The predicted octanol–water partition coefficient (Wildman–Crippen LogP) is 4.57. The summed E-state index contributed by atoms with van der Waals surface area (Å²) in [5.74, 6) is 0.929. The minimum Gasteiger partial charge on any atom is -0.496 e. The maximum atomic E-state index is 5.29. The molecule has 2 aromatic rings. The number of benzene rings is 2. The fourth-order valence-electron chi connectivity index (χ4n) is 2.28. The third-order valence-electron chi connectivity index (χ3n) is 3.35. The largest absolute Gasteiger partial charge is 0.496 e. The minimum absolute atomic E-state index is 0.342. The summed E-state index contributed by atoms with van der Waals surface area (Å²) in [6, 6.07) is 17.1. The maximum Gasteiger partial charge on any atom is 0.121 e. The monoisotopic (exact) mass is 255 g/mol. The molecule has 0 heterocycles. The molecule has 0 bridgehead atoms. The van der Waals surface area contributed by atoms with Crippen LogP contribution >= 0.6 is 0 Å². The maximum absolute atomic E-state index is 5.29. The van der Waals surface area contributed by atoms with E-state index in [0.29, 0.717) is 6.04 Å². The van der Waals surface area contributed by atoms with Crippen LogP contribution in [0, 0.1) is 6.92 Å². The van der Waals surface area contributed by atoms with Gasteiger partial charge in [0.05, 0.1) is 13.2 Å². The molecule has 0 aliphatic heterocycles. The highest BCUT2D eigenvalue weighted by Gasteiger charge is 2.09. The van der Waals surface area contributed by atoms with Crippen LogP contribution in [0.15, 0.2) is 48.5 Å². The number of nitrogens with one attached hydrogen (secondary N) is 1. The summed E-state index contributed by atoms with van der Waals surface area (Å²) in [6.07, 6.45) is 1.05. The van der Waals surface area contributed by atoms with E-state index in [1.807, 2.05) is 12.1 Å². The van der Waals surface area contributed by atoms with Crippen LogP contribution in [0.25, 0.3) is 0 Å². The highest BCUT2D eigenvalue weighted by atomic mass is 16.5. The van der Waals surface area contributed by atoms with Crippen LogP contribution in [0.1, 0.15) is 30.5 Å². The molecular weight excluding hydrogens is 234 g/mol. The molecular formula is C17H21NO. The van der Waals surface area contributed by atoms with E-state index >= 15 is 0 Å². The Balaban J connectivity index is 2.17. The molecule has 1 unspecified atom stereocenters. The van der Waals surface area contributed by atoms with Gasteiger partial charge in [-0.1, -0.05) is 37.3 Å². The summed E-state index contributed by atoms with van der Waals surface area (Å²) in [4.78, 5) is 0. The van der Waals surface area contributed by atoms with Gasteiger partial charge in [-0.25, -0.2) is 0 Å². The van der Waals surface area contributed by atoms with E-state index in [1.165, 1.54) is 5.56 Å². The lowest BCUT2D eigenvalue weighted by atomic mass is 10.0. The Morgan fingerprint density at radius 1 is 1.11 bits per heavy atom. The first kappa shape index (κ1) is 13.5. The van der Waals surface area contributed by atoms with Gasteiger partial charge in [-0.2, -0.15) is 0 Å². The zero-order chi connectivity index (χ0) is 13.7. The van der Waals surface area contributed by atoms with E-state index in [0.717, 1.165) is 23.4 Å². The first-order chi connectivity index (χ1) is 9.24. The summed E-state index contributed by atoms with van der Waals surface area (Å²) in [7, 11) is 1.70. The van der Waals surface area contributed by atoms with Crippen molar-refractivity contribution in [3.63, 3.8) is 0 Å². The van der Waals surface area contributed by atoms with Gasteiger partial charge in [0.25, 0.3) is 0 Å². The van der Waals surface area contributed by atoms with Crippen molar-refractivity contribution in [3.05, 3.63) is 59.7 Å². The summed E-state index contributed by atoms with van der Waals surface area (Å²) in [5.41, 5.74) is 3.60. The van der Waals surface area contributed by atoms with Gasteiger partial charge in [-0.05, 0) is 42.7 Å². The second-order valence-corrected chi connectivity index (χ2v) is 4.70. The number of methoxy groups -OCH3 is 1. The number of rotatable bonds is 5. The number of ether oxygens (including phenoxy) is 1. The van der Waals surface area contributed by atoms with Crippen molar-refractivity contribution in [1.29, 1.82) is 0 Å². The summed E-state index contributed by atoms with van der Waals surface area (Å²) < 4.78 is 5.29. The van der Waals surface area contributed by atoms with Gasteiger partial charge in [0.2, 0.25) is 0 Å². The molecule has 0 aliphatic rings. The highest BCUT2D eigenvalue weighted by molar-refractivity contribution is 5.52. The number of hydrogen-bond donors (Lipinski definition) is 1. The van der Waals surface area contributed by atoms with Crippen LogP contribution in [0.3, 0.4) is 0 Å². The van der Waals surface area contributed by atoms with E-state index in [-0.39, 0.29) is 0 Å². The Bertz CT molecular complexity index is 522. The van der Waals surface area contributed by atoms with Crippen LogP contribution in [-0.2, 0) is 0 Å². The first-order valence-electron chi connectivity index (χ1n) is 6.70. The van der Waals surface area contributed by atoms with E-state index in [2.05, 4.69) is 55.6 Å². The van der Waals surface area contributed by atoms with Crippen molar-refractivity contribution in [2.75, 3.05) is 12.4 Å². The van der Waals surface area contributed by atoms with Gasteiger partial charge in [0.1, 0.15) is 5.75 Å². The van der Waals surface area contributed by atoms with E-state index in [1.54, 1.807) is 7.11 Å². The zero-order valence-electron chi connectivity index (χ0n) is 11.8. The molecule has 1 N–H and O–H groups in total. The molecule has 0 aromatic heterocycles. The van der Waals surface area contributed by atoms with Gasteiger partial charge >= 0.3 is 0 Å². The molecule has 2 rings (SSSR count). The fraction of sp³-hybridized carbons (Fsp3) is 0.294. The SMILES string of the molecule is CCC(Nc1ccc(OC)c(C)c1)c1ccccc1. The fourth-order valence-corrected chi connectivity index (χ4v) is 2.28. The number of aryl methyl sites for hydroxylation is 1. The number of hydrogen-bond acceptors (Lipinski definition) is 2. The molecule has 100 valence electrons. The third-order valence-corrected chi connectivity index (χ3v) is 3.35. The van der Waals surface area contributed by atoms with Gasteiger partial charge in [0.15, 0.2) is 0 Å². The van der Waals surface area contributed by atoms with Crippen LogP contribution in [0.5, 0.6) is 5.75 Å². The van der Waals surface area contributed by atoms with E-state index < -0.39 is 0 Å². The topological polar surface area (TPSA) is 21.3 Å². The van der Waals surface area contributed by atoms with Crippen molar-refractivity contribution in [3.8, 4) is 5.75 Å². The van der Waals surface area contributed by atoms with Crippen molar-refractivity contribution >= 4 is 5.69 Å². The standard InChI is InChI=1S/C17H21NO/c1-4-16(14-8-6-5-7-9-14)18-15-10-11-17(19-3)13(2)12-15/h5-12,16,18H,4H2,1-3H3. The molecule has 0 aliphatic carbocycles. The van der Waals surface area contributed by atoms with Crippen LogP contribution in [0.2, 0.25) is 0 Å². The second-order valence-electron chi connectivity index (χ2n) is 4.70. The van der Waals surface area contributed by atoms with Gasteiger partial charge in [-0.3, -0.25) is 0 Å². The predicted molar refractivity (Wildman–Crippen MR) is 80.8 cm³/mol. The lowest BCUT2D eigenvalue weighted by Gasteiger charge is -2.19. The highest BCUT2D eigenvalue weighted by Crippen LogP contribution is 2.26. The van der Waals surface area contributed by atoms with Crippen molar-refractivity contribution in [2.45, 2.75) is 26.3 Å². The number of anilines is 1. The van der Waals surface area contributed by atoms with Crippen LogP contribution in [-0.4, -0.2) is 7.11 Å². The third kappa shape index (κ3) is 3.28. The van der Waals surface area contributed by atoms with Crippen molar-refractivity contribution < 1.29 is 4.74 Å². The summed E-state index contributed by atoms with van der Waals surface area (Å²) in [6.45, 7) is 4.26. The van der Waals surface area contributed by atoms with Crippen molar-refractivity contribution in [2.24, 2.45) is 0 Å². The Hall–Kier alpha value is -1.96. The smallest absolute Gasteiger partial charge is 0.121 e. The summed E-state index contributed by atoms with van der Waals surface area (Å²) >= 11 is 0. The van der Waals surface area contributed by atoms with Crippen LogP contribution < -0.4 is 10.1 Å². The first-order valence-corrected chi connectivity index (χ1v) is 6.70. The van der Waals surface area contributed by atoms with Crippen LogP contribution in [0.4, 0.5) is 5.69 Å².